The molecular formula is C17H38Cl4N2O3. The quantitative estimate of drug-likeness (QED) is 0.147. The zero-order valence-electron chi connectivity index (χ0n) is 16.6. The van der Waals surface area contributed by atoms with Gasteiger partial charge in [0.15, 0.2) is 0 Å². The van der Waals surface area contributed by atoms with Crippen LogP contribution in [0, 0.1) is 0 Å². The molecule has 9 heteroatoms. The molecule has 0 aromatic rings. The molecular weight excluding hydrogens is 422 g/mol. The van der Waals surface area contributed by atoms with E-state index < -0.39 is 12.2 Å². The molecule has 0 saturated heterocycles. The lowest BCUT2D eigenvalue weighted by Crippen LogP contribution is -3.00. The van der Waals surface area contributed by atoms with Gasteiger partial charge in [-0.2, -0.15) is 0 Å². The number of hydrogen-bond donors (Lipinski definition) is 2. The highest BCUT2D eigenvalue weighted by molar-refractivity contribution is 6.18. The van der Waals surface area contributed by atoms with Gasteiger partial charge in [-0.25, -0.2) is 0 Å². The zero-order valence-corrected chi connectivity index (χ0v) is 19.7. The summed E-state index contributed by atoms with van der Waals surface area (Å²) in [5, 5.41) is 19.6. The van der Waals surface area contributed by atoms with Crippen LogP contribution in [0.25, 0.3) is 0 Å². The Morgan fingerprint density at radius 3 is 1.62 bits per heavy atom. The van der Waals surface area contributed by atoms with Crippen LogP contribution in [-0.4, -0.2) is 110 Å². The molecule has 0 aliphatic rings. The Labute approximate surface area is 182 Å². The lowest BCUT2D eigenvalue weighted by atomic mass is 10.2. The fourth-order valence-electron chi connectivity index (χ4n) is 3.00. The molecule has 4 unspecified atom stereocenters. The topological polar surface area (TPSA) is 49.7 Å². The molecule has 0 spiro atoms. The summed E-state index contributed by atoms with van der Waals surface area (Å²) in [4.78, 5) is 0. The number of halogens is 4. The van der Waals surface area contributed by atoms with Crippen molar-refractivity contribution in [1.82, 2.24) is 0 Å². The third kappa shape index (κ3) is 14.0. The third-order valence-electron chi connectivity index (χ3n) is 4.74. The highest BCUT2D eigenvalue weighted by Crippen LogP contribution is 2.08. The molecule has 0 aromatic carbocycles. The van der Waals surface area contributed by atoms with E-state index in [2.05, 4.69) is 27.9 Å². The van der Waals surface area contributed by atoms with Crippen molar-refractivity contribution in [2.24, 2.45) is 0 Å². The summed E-state index contributed by atoms with van der Waals surface area (Å²) in [6.45, 7) is 10.5. The van der Waals surface area contributed by atoms with E-state index in [-0.39, 0.29) is 36.6 Å². The average Bonchev–Trinajstić information content (AvgIpc) is 2.54. The third-order valence-corrected chi connectivity index (χ3v) is 5.45. The Bertz CT molecular complexity index is 332. The standard InChI is InChI=1S/C17H38Cl2N2O3.2ClH/c1-5-7-21(4,15-17(23)13-19)9-11-24-10-8-20(3,6-2)14-16(22)12-18;;/h16-17,22-23H,5-15H2,1-4H3;2*1H/q+2;;/p-2. The number of alkyl halides is 2. The van der Waals surface area contributed by atoms with Gasteiger partial charge in [-0.15, -0.1) is 23.2 Å². The van der Waals surface area contributed by atoms with Gasteiger partial charge in [-0.05, 0) is 13.3 Å². The van der Waals surface area contributed by atoms with E-state index in [1.54, 1.807) is 0 Å². The Morgan fingerprint density at radius 2 is 1.23 bits per heavy atom. The summed E-state index contributed by atoms with van der Waals surface area (Å²) in [7, 11) is 4.26. The van der Waals surface area contributed by atoms with Crippen LogP contribution >= 0.6 is 23.2 Å². The Balaban J connectivity index is -0.00000264. The lowest BCUT2D eigenvalue weighted by molar-refractivity contribution is -0.915. The van der Waals surface area contributed by atoms with Crippen LogP contribution in [-0.2, 0) is 4.74 Å². The van der Waals surface area contributed by atoms with Crippen LogP contribution in [0.3, 0.4) is 0 Å². The van der Waals surface area contributed by atoms with E-state index >= 15 is 0 Å². The average molecular weight is 460 g/mol. The number of rotatable bonds is 15. The van der Waals surface area contributed by atoms with Crippen molar-refractivity contribution in [2.75, 3.05) is 78.3 Å². The minimum Gasteiger partial charge on any atom is -1.00 e. The maximum absolute atomic E-state index is 9.84. The number of aliphatic hydroxyl groups is 2. The zero-order chi connectivity index (χ0) is 18.6. The molecule has 0 bridgehead atoms. The molecule has 0 aliphatic heterocycles. The Morgan fingerprint density at radius 1 is 0.808 bits per heavy atom. The molecule has 0 saturated carbocycles. The molecule has 2 N–H and O–H groups in total. The SMILES string of the molecule is CCC[N+](C)(CCOCC[N+](C)(CC)CC(O)CCl)CC(O)CCl.[Cl-].[Cl-]. The molecule has 0 heterocycles. The number of quaternary nitrogens is 2. The number of aliphatic hydroxyl groups excluding tert-OH is 2. The van der Waals surface area contributed by atoms with Crippen molar-refractivity contribution in [3.05, 3.63) is 0 Å². The predicted molar refractivity (Wildman–Crippen MR) is 102 cm³/mol. The minimum atomic E-state index is -0.474. The van der Waals surface area contributed by atoms with Gasteiger partial charge in [0.2, 0.25) is 0 Å². The summed E-state index contributed by atoms with van der Waals surface area (Å²) in [5.74, 6) is 0.540. The van der Waals surface area contributed by atoms with Gasteiger partial charge in [0.05, 0.1) is 52.2 Å². The largest absolute Gasteiger partial charge is 1.00 e. The smallest absolute Gasteiger partial charge is 0.116 e. The van der Waals surface area contributed by atoms with E-state index in [0.717, 1.165) is 41.6 Å². The highest BCUT2D eigenvalue weighted by Gasteiger charge is 2.25. The number of hydrogen-bond acceptors (Lipinski definition) is 3. The van der Waals surface area contributed by atoms with E-state index in [1.807, 2.05) is 0 Å². The van der Waals surface area contributed by atoms with E-state index in [9.17, 15) is 10.2 Å². The first-order valence-electron chi connectivity index (χ1n) is 8.97. The van der Waals surface area contributed by atoms with Gasteiger partial charge in [-0.1, -0.05) is 6.92 Å². The first kappa shape index (κ1) is 31.6. The van der Waals surface area contributed by atoms with Crippen molar-refractivity contribution in [2.45, 2.75) is 32.5 Å². The molecule has 26 heavy (non-hydrogen) atoms. The summed E-state index contributed by atoms with van der Waals surface area (Å²) in [5.41, 5.74) is 0. The molecule has 5 nitrogen and oxygen atoms in total. The van der Waals surface area contributed by atoms with Crippen molar-refractivity contribution in [1.29, 1.82) is 0 Å². The number of ether oxygens (including phenoxy) is 1. The van der Waals surface area contributed by atoms with Crippen molar-refractivity contribution >= 4 is 23.2 Å². The molecule has 0 rings (SSSR count). The molecule has 4 atom stereocenters. The minimum absolute atomic E-state index is 0. The Hall–Kier alpha value is 0.960. The first-order valence-corrected chi connectivity index (χ1v) is 10.0. The van der Waals surface area contributed by atoms with Gasteiger partial charge < -0.3 is 48.7 Å². The molecule has 0 aliphatic carbocycles. The highest BCUT2D eigenvalue weighted by atomic mass is 35.5. The summed E-state index contributed by atoms with van der Waals surface area (Å²) < 4.78 is 7.37. The van der Waals surface area contributed by atoms with Crippen LogP contribution in [0.5, 0.6) is 0 Å². The van der Waals surface area contributed by atoms with Crippen molar-refractivity contribution in [3.8, 4) is 0 Å². The van der Waals surface area contributed by atoms with E-state index in [0.29, 0.717) is 26.3 Å². The van der Waals surface area contributed by atoms with Crippen LogP contribution in [0.4, 0.5) is 0 Å². The van der Waals surface area contributed by atoms with Gasteiger partial charge in [0.1, 0.15) is 38.4 Å². The summed E-state index contributed by atoms with van der Waals surface area (Å²) >= 11 is 11.4. The molecule has 0 radical (unpaired) electrons. The first-order chi connectivity index (χ1) is 11.2. The van der Waals surface area contributed by atoms with E-state index in [1.165, 1.54) is 0 Å². The molecule has 162 valence electrons. The maximum atomic E-state index is 9.84. The Kier molecular flexibility index (Phi) is 20.5. The second-order valence-electron chi connectivity index (χ2n) is 7.32. The molecule has 0 aromatic heterocycles. The van der Waals surface area contributed by atoms with Crippen LogP contribution in [0.15, 0.2) is 0 Å². The van der Waals surface area contributed by atoms with Gasteiger partial charge in [0, 0.05) is 0 Å². The summed E-state index contributed by atoms with van der Waals surface area (Å²) in [6, 6.07) is 0. The monoisotopic (exact) mass is 458 g/mol. The normalized spacial score (nSPS) is 18.0. The number of nitrogens with zero attached hydrogens (tertiary/aromatic N) is 2. The van der Waals surface area contributed by atoms with Crippen LogP contribution < -0.4 is 24.8 Å². The lowest BCUT2D eigenvalue weighted by Gasteiger charge is -2.36. The van der Waals surface area contributed by atoms with Crippen molar-refractivity contribution < 1.29 is 48.7 Å². The number of likely N-dealkylation sites (N-methyl/N-ethyl adjacent to an activating group) is 2. The fraction of sp³-hybridized carbons (Fsp3) is 1.00. The second kappa shape index (κ2) is 16.9. The van der Waals surface area contributed by atoms with Crippen LogP contribution in [0.2, 0.25) is 0 Å². The second-order valence-corrected chi connectivity index (χ2v) is 7.94. The molecule has 0 fully saturated rings. The van der Waals surface area contributed by atoms with Crippen molar-refractivity contribution in [3.63, 3.8) is 0 Å². The predicted octanol–water partition coefficient (Wildman–Crippen LogP) is -4.47. The maximum Gasteiger partial charge on any atom is 0.116 e. The molecule has 0 amide bonds. The summed E-state index contributed by atoms with van der Waals surface area (Å²) in [6.07, 6.45) is 0.116. The van der Waals surface area contributed by atoms with Gasteiger partial charge in [0.25, 0.3) is 0 Å². The van der Waals surface area contributed by atoms with Gasteiger partial charge >= 0.3 is 0 Å². The van der Waals surface area contributed by atoms with Crippen LogP contribution in [0.1, 0.15) is 20.3 Å². The van der Waals surface area contributed by atoms with Gasteiger partial charge in [-0.3, -0.25) is 0 Å². The fourth-order valence-corrected chi connectivity index (χ4v) is 3.20. The van der Waals surface area contributed by atoms with E-state index in [4.69, 9.17) is 27.9 Å².